The number of thiocarbonyl (C=S) groups is 1. The largest absolute Gasteiger partial charge is 0.367 e. The Morgan fingerprint density at radius 2 is 2.00 bits per heavy atom. The molecule has 2 heterocycles. The van der Waals surface area contributed by atoms with Crippen molar-refractivity contribution in [2.24, 2.45) is 17.3 Å². The van der Waals surface area contributed by atoms with Crippen molar-refractivity contribution in [3.63, 3.8) is 0 Å². The van der Waals surface area contributed by atoms with Gasteiger partial charge in [-0.15, -0.1) is 0 Å². The van der Waals surface area contributed by atoms with Crippen LogP contribution in [0.25, 0.3) is 0 Å². The molecule has 0 radical (unpaired) electrons. The van der Waals surface area contributed by atoms with E-state index >= 15 is 0 Å². The molecule has 0 spiro atoms. The van der Waals surface area contributed by atoms with Gasteiger partial charge in [0, 0.05) is 31.6 Å². The first kappa shape index (κ1) is 25.4. The van der Waals surface area contributed by atoms with E-state index in [1.807, 2.05) is 4.90 Å². The third kappa shape index (κ3) is 6.66. The molecular formula is C25H44N4O2S. The van der Waals surface area contributed by atoms with Crippen LogP contribution in [0.1, 0.15) is 85.0 Å². The van der Waals surface area contributed by atoms with E-state index in [1.165, 1.54) is 19.3 Å². The van der Waals surface area contributed by atoms with Crippen molar-refractivity contribution in [2.75, 3.05) is 26.2 Å². The highest BCUT2D eigenvalue weighted by Crippen LogP contribution is 2.37. The van der Waals surface area contributed by atoms with E-state index in [1.54, 1.807) is 0 Å². The molecule has 32 heavy (non-hydrogen) atoms. The third-order valence-corrected chi connectivity index (χ3v) is 8.05. The Balaban J connectivity index is 1.55. The molecule has 3 N–H and O–H groups in total. The molecule has 0 aromatic rings. The summed E-state index contributed by atoms with van der Waals surface area (Å²) < 4.78 is 0. The summed E-state index contributed by atoms with van der Waals surface area (Å²) >= 11 is 5.53. The van der Waals surface area contributed by atoms with Crippen LogP contribution in [-0.2, 0) is 9.59 Å². The zero-order valence-electron chi connectivity index (χ0n) is 20.4. The molecule has 2 unspecified atom stereocenters. The Kier molecular flexibility index (Phi) is 9.35. The SMILES string of the molecule is CCCCC1CC(C(=O)NCC2CCCN2C(=O)C2NC(=S)CNCCCCC2(C)C)C1. The van der Waals surface area contributed by atoms with Gasteiger partial charge in [0.25, 0.3) is 0 Å². The predicted molar refractivity (Wildman–Crippen MR) is 134 cm³/mol. The lowest BCUT2D eigenvalue weighted by Gasteiger charge is -2.39. The van der Waals surface area contributed by atoms with Gasteiger partial charge in [-0.1, -0.05) is 58.7 Å². The second-order valence-electron chi connectivity index (χ2n) is 10.9. The monoisotopic (exact) mass is 464 g/mol. The van der Waals surface area contributed by atoms with E-state index in [0.29, 0.717) is 18.1 Å². The topological polar surface area (TPSA) is 73.5 Å². The Morgan fingerprint density at radius 3 is 2.75 bits per heavy atom. The number of likely N-dealkylation sites (tertiary alicyclic amines) is 1. The van der Waals surface area contributed by atoms with Crippen molar-refractivity contribution in [1.29, 1.82) is 0 Å². The minimum Gasteiger partial charge on any atom is -0.367 e. The number of unbranched alkanes of at least 4 members (excludes halogenated alkanes) is 1. The summed E-state index contributed by atoms with van der Waals surface area (Å²) in [6.07, 6.45) is 10.9. The number of carbonyl (C=O) groups excluding carboxylic acids is 2. The zero-order valence-corrected chi connectivity index (χ0v) is 21.2. The van der Waals surface area contributed by atoms with E-state index in [2.05, 4.69) is 36.7 Å². The number of carbonyl (C=O) groups is 2. The van der Waals surface area contributed by atoms with Gasteiger partial charge in [-0.25, -0.2) is 0 Å². The first-order valence-electron chi connectivity index (χ1n) is 12.9. The van der Waals surface area contributed by atoms with Gasteiger partial charge < -0.3 is 20.9 Å². The molecule has 2 saturated heterocycles. The Morgan fingerprint density at radius 1 is 1.22 bits per heavy atom. The lowest BCUT2D eigenvalue weighted by molar-refractivity contribution is -0.137. The highest BCUT2D eigenvalue weighted by atomic mass is 32.1. The fourth-order valence-corrected chi connectivity index (χ4v) is 5.75. The number of hydrogen-bond donors (Lipinski definition) is 3. The summed E-state index contributed by atoms with van der Waals surface area (Å²) in [4.78, 5) is 29.0. The van der Waals surface area contributed by atoms with Crippen molar-refractivity contribution in [3.8, 4) is 0 Å². The Labute approximate surface area is 200 Å². The van der Waals surface area contributed by atoms with Gasteiger partial charge in [-0.2, -0.15) is 0 Å². The maximum absolute atomic E-state index is 13.7. The second-order valence-corrected chi connectivity index (χ2v) is 11.4. The zero-order chi connectivity index (χ0) is 23.1. The summed E-state index contributed by atoms with van der Waals surface area (Å²) in [7, 11) is 0. The predicted octanol–water partition coefficient (Wildman–Crippen LogP) is 3.40. The second kappa shape index (κ2) is 11.8. The molecule has 2 amide bonds. The van der Waals surface area contributed by atoms with Crippen LogP contribution in [0, 0.1) is 17.3 Å². The lowest BCUT2D eigenvalue weighted by Crippen LogP contribution is -2.58. The van der Waals surface area contributed by atoms with Crippen LogP contribution in [0.15, 0.2) is 0 Å². The summed E-state index contributed by atoms with van der Waals surface area (Å²) in [5.41, 5.74) is -0.172. The minimum absolute atomic E-state index is 0.0853. The standard InChI is InChI=1S/C25H44N4O2S/c1-4-5-9-18-14-19(15-18)23(30)27-16-20-10-8-13-29(20)24(31)22-25(2,3)11-6-7-12-26-17-21(32)28-22/h18-20,22,26H,4-17H2,1-3H3,(H,27,30)(H,28,32). The van der Waals surface area contributed by atoms with Crippen molar-refractivity contribution >= 4 is 29.0 Å². The van der Waals surface area contributed by atoms with Gasteiger partial charge in [-0.05, 0) is 56.4 Å². The molecule has 7 heteroatoms. The van der Waals surface area contributed by atoms with Gasteiger partial charge in [0.05, 0.1) is 4.99 Å². The molecular weight excluding hydrogens is 420 g/mol. The van der Waals surface area contributed by atoms with Crippen LogP contribution < -0.4 is 16.0 Å². The van der Waals surface area contributed by atoms with E-state index in [-0.39, 0.29) is 35.2 Å². The maximum Gasteiger partial charge on any atom is 0.245 e. The normalized spacial score (nSPS) is 30.8. The lowest BCUT2D eigenvalue weighted by atomic mass is 9.72. The highest BCUT2D eigenvalue weighted by molar-refractivity contribution is 7.80. The Bertz CT molecular complexity index is 662. The van der Waals surface area contributed by atoms with Gasteiger partial charge in [-0.3, -0.25) is 9.59 Å². The molecule has 0 aromatic heterocycles. The third-order valence-electron chi connectivity index (χ3n) is 7.79. The van der Waals surface area contributed by atoms with Crippen LogP contribution in [-0.4, -0.2) is 60.0 Å². The van der Waals surface area contributed by atoms with Crippen LogP contribution in [0.3, 0.4) is 0 Å². The smallest absolute Gasteiger partial charge is 0.245 e. The van der Waals surface area contributed by atoms with E-state index < -0.39 is 0 Å². The number of amides is 2. The molecule has 3 aliphatic rings. The van der Waals surface area contributed by atoms with Gasteiger partial charge in [0.2, 0.25) is 11.8 Å². The molecule has 2 aliphatic heterocycles. The van der Waals surface area contributed by atoms with Crippen LogP contribution in [0.2, 0.25) is 0 Å². The molecule has 182 valence electrons. The molecule has 1 aliphatic carbocycles. The number of hydrogen-bond acceptors (Lipinski definition) is 4. The first-order valence-corrected chi connectivity index (χ1v) is 13.3. The fraction of sp³-hybridized carbons (Fsp3) is 0.880. The van der Waals surface area contributed by atoms with Crippen molar-refractivity contribution in [1.82, 2.24) is 20.9 Å². The molecule has 6 nitrogen and oxygen atoms in total. The molecule has 3 fully saturated rings. The molecule has 2 atom stereocenters. The molecule has 0 bridgehead atoms. The number of rotatable bonds is 7. The number of nitrogens with zero attached hydrogens (tertiary/aromatic N) is 1. The average Bonchev–Trinajstić information content (AvgIpc) is 3.19. The van der Waals surface area contributed by atoms with E-state index in [0.717, 1.165) is 64.0 Å². The number of nitrogens with one attached hydrogen (secondary N) is 3. The van der Waals surface area contributed by atoms with Crippen LogP contribution in [0.4, 0.5) is 0 Å². The molecule has 1 saturated carbocycles. The van der Waals surface area contributed by atoms with Crippen molar-refractivity contribution < 1.29 is 9.59 Å². The molecule has 3 rings (SSSR count). The van der Waals surface area contributed by atoms with Crippen molar-refractivity contribution in [3.05, 3.63) is 0 Å². The minimum atomic E-state index is -0.322. The van der Waals surface area contributed by atoms with Crippen molar-refractivity contribution in [2.45, 2.75) is 97.1 Å². The van der Waals surface area contributed by atoms with Gasteiger partial charge in [0.15, 0.2) is 0 Å². The first-order chi connectivity index (χ1) is 15.3. The summed E-state index contributed by atoms with van der Waals surface area (Å²) in [6, 6.07) is -0.237. The van der Waals surface area contributed by atoms with E-state index in [4.69, 9.17) is 12.2 Å². The average molecular weight is 465 g/mol. The Hall–Kier alpha value is -1.21. The van der Waals surface area contributed by atoms with Gasteiger partial charge >= 0.3 is 0 Å². The van der Waals surface area contributed by atoms with Crippen LogP contribution >= 0.6 is 12.2 Å². The summed E-state index contributed by atoms with van der Waals surface area (Å²) in [6.45, 7) is 9.50. The van der Waals surface area contributed by atoms with E-state index in [9.17, 15) is 9.59 Å². The fourth-order valence-electron chi connectivity index (χ4n) is 5.53. The highest BCUT2D eigenvalue weighted by Gasteiger charge is 2.41. The quantitative estimate of drug-likeness (QED) is 0.504. The van der Waals surface area contributed by atoms with Crippen LogP contribution in [0.5, 0.6) is 0 Å². The van der Waals surface area contributed by atoms with Gasteiger partial charge in [0.1, 0.15) is 6.04 Å². The summed E-state index contributed by atoms with van der Waals surface area (Å²) in [5.74, 6) is 1.22. The summed E-state index contributed by atoms with van der Waals surface area (Å²) in [5, 5.41) is 9.92. The maximum atomic E-state index is 13.7. The molecule has 0 aromatic carbocycles.